The SMILES string of the molecule is Cc1ccnc(NC(=O)c2ccccc2-c2ccc(Cn3cccn3)cc2)c1. The second kappa shape index (κ2) is 7.88. The topological polar surface area (TPSA) is 59.8 Å². The zero-order chi connectivity index (χ0) is 19.3. The highest BCUT2D eigenvalue weighted by molar-refractivity contribution is 6.08. The van der Waals surface area contributed by atoms with E-state index in [1.54, 1.807) is 12.4 Å². The lowest BCUT2D eigenvalue weighted by Crippen LogP contribution is -2.14. The molecule has 0 aliphatic heterocycles. The van der Waals surface area contributed by atoms with Gasteiger partial charge in [-0.3, -0.25) is 9.48 Å². The largest absolute Gasteiger partial charge is 0.307 e. The van der Waals surface area contributed by atoms with Crippen LogP contribution in [0.25, 0.3) is 11.1 Å². The molecule has 28 heavy (non-hydrogen) atoms. The van der Waals surface area contributed by atoms with Gasteiger partial charge in [0, 0.05) is 24.2 Å². The average Bonchev–Trinajstić information content (AvgIpc) is 3.22. The summed E-state index contributed by atoms with van der Waals surface area (Å²) in [5.74, 6) is 0.378. The molecule has 0 aliphatic rings. The van der Waals surface area contributed by atoms with Crippen molar-refractivity contribution in [3.8, 4) is 11.1 Å². The van der Waals surface area contributed by atoms with Gasteiger partial charge in [-0.1, -0.05) is 42.5 Å². The summed E-state index contributed by atoms with van der Waals surface area (Å²) in [4.78, 5) is 17.0. The molecule has 4 rings (SSSR count). The molecule has 5 heteroatoms. The number of amides is 1. The third kappa shape index (κ3) is 3.99. The van der Waals surface area contributed by atoms with Crippen LogP contribution in [0, 0.1) is 6.92 Å². The van der Waals surface area contributed by atoms with E-state index in [9.17, 15) is 4.79 Å². The molecular formula is C23H20N4O. The molecule has 2 aromatic heterocycles. The van der Waals surface area contributed by atoms with Gasteiger partial charge in [-0.15, -0.1) is 0 Å². The van der Waals surface area contributed by atoms with Crippen LogP contribution in [-0.2, 0) is 6.54 Å². The van der Waals surface area contributed by atoms with Gasteiger partial charge in [0.05, 0.1) is 6.54 Å². The standard InChI is InChI=1S/C23H20N4O/c1-17-11-13-24-22(15-17)26-23(28)21-6-3-2-5-20(21)19-9-7-18(8-10-19)16-27-14-4-12-25-27/h2-15H,16H2,1H3,(H,24,26,28). The Bertz CT molecular complexity index is 1090. The van der Waals surface area contributed by atoms with Crippen molar-refractivity contribution >= 4 is 11.7 Å². The van der Waals surface area contributed by atoms with E-state index in [4.69, 9.17) is 0 Å². The minimum atomic E-state index is -0.172. The summed E-state index contributed by atoms with van der Waals surface area (Å²) >= 11 is 0. The summed E-state index contributed by atoms with van der Waals surface area (Å²) in [6, 6.07) is 21.5. The van der Waals surface area contributed by atoms with E-state index in [-0.39, 0.29) is 5.91 Å². The fraction of sp³-hybridized carbons (Fsp3) is 0.0870. The Hall–Kier alpha value is -3.73. The van der Waals surface area contributed by atoms with Crippen LogP contribution < -0.4 is 5.32 Å². The molecule has 0 bridgehead atoms. The zero-order valence-electron chi connectivity index (χ0n) is 15.5. The Kier molecular flexibility index (Phi) is 4.97. The first-order valence-corrected chi connectivity index (χ1v) is 9.09. The maximum Gasteiger partial charge on any atom is 0.257 e. The average molecular weight is 368 g/mol. The Morgan fingerprint density at radius 1 is 1.00 bits per heavy atom. The van der Waals surface area contributed by atoms with E-state index in [2.05, 4.69) is 27.5 Å². The van der Waals surface area contributed by atoms with E-state index in [0.29, 0.717) is 17.9 Å². The molecule has 0 spiro atoms. The quantitative estimate of drug-likeness (QED) is 0.562. The number of hydrogen-bond acceptors (Lipinski definition) is 3. The van der Waals surface area contributed by atoms with Crippen molar-refractivity contribution in [3.05, 3.63) is 102 Å². The number of carbonyl (C=O) groups is 1. The van der Waals surface area contributed by atoms with Crippen LogP contribution in [0.2, 0.25) is 0 Å². The highest BCUT2D eigenvalue weighted by atomic mass is 16.1. The van der Waals surface area contributed by atoms with Crippen LogP contribution in [0.4, 0.5) is 5.82 Å². The van der Waals surface area contributed by atoms with Gasteiger partial charge in [-0.05, 0) is 53.4 Å². The van der Waals surface area contributed by atoms with Crippen molar-refractivity contribution in [3.63, 3.8) is 0 Å². The van der Waals surface area contributed by atoms with Crippen LogP contribution in [0.1, 0.15) is 21.5 Å². The lowest BCUT2D eigenvalue weighted by atomic mass is 9.98. The first-order valence-electron chi connectivity index (χ1n) is 9.09. The van der Waals surface area contributed by atoms with Crippen LogP contribution in [0.5, 0.6) is 0 Å². The normalized spacial score (nSPS) is 10.6. The van der Waals surface area contributed by atoms with E-state index in [1.165, 1.54) is 0 Å². The minimum absolute atomic E-state index is 0.172. The van der Waals surface area contributed by atoms with Crippen molar-refractivity contribution in [2.24, 2.45) is 0 Å². The number of nitrogens with zero attached hydrogens (tertiary/aromatic N) is 3. The van der Waals surface area contributed by atoms with Crippen molar-refractivity contribution in [2.75, 3.05) is 5.32 Å². The molecule has 1 N–H and O–H groups in total. The van der Waals surface area contributed by atoms with Gasteiger partial charge >= 0.3 is 0 Å². The van der Waals surface area contributed by atoms with Crippen molar-refractivity contribution < 1.29 is 4.79 Å². The molecule has 138 valence electrons. The number of benzene rings is 2. The second-order valence-corrected chi connectivity index (χ2v) is 6.62. The molecule has 2 heterocycles. The van der Waals surface area contributed by atoms with Crippen molar-refractivity contribution in [1.82, 2.24) is 14.8 Å². The molecule has 5 nitrogen and oxygen atoms in total. The minimum Gasteiger partial charge on any atom is -0.307 e. The van der Waals surface area contributed by atoms with Gasteiger partial charge in [-0.25, -0.2) is 4.98 Å². The first kappa shape index (κ1) is 17.7. The predicted octanol–water partition coefficient (Wildman–Crippen LogP) is 4.55. The molecular weight excluding hydrogens is 348 g/mol. The number of aryl methyl sites for hydroxylation is 1. The van der Waals surface area contributed by atoms with Gasteiger partial charge in [0.1, 0.15) is 5.82 Å². The van der Waals surface area contributed by atoms with Crippen LogP contribution in [0.15, 0.2) is 85.3 Å². The zero-order valence-corrected chi connectivity index (χ0v) is 15.5. The maximum atomic E-state index is 12.8. The summed E-state index contributed by atoms with van der Waals surface area (Å²) in [6.07, 6.45) is 5.40. The van der Waals surface area contributed by atoms with Gasteiger partial charge in [0.15, 0.2) is 0 Å². The van der Waals surface area contributed by atoms with Crippen LogP contribution >= 0.6 is 0 Å². The predicted molar refractivity (Wildman–Crippen MR) is 110 cm³/mol. The third-order valence-corrected chi connectivity index (χ3v) is 4.50. The van der Waals surface area contributed by atoms with E-state index < -0.39 is 0 Å². The Morgan fingerprint density at radius 3 is 2.57 bits per heavy atom. The van der Waals surface area contributed by atoms with Crippen LogP contribution in [0.3, 0.4) is 0 Å². The fourth-order valence-electron chi connectivity index (χ4n) is 3.09. The number of hydrogen-bond donors (Lipinski definition) is 1. The summed E-state index contributed by atoms with van der Waals surface area (Å²) in [5.41, 5.74) is 4.70. The monoisotopic (exact) mass is 368 g/mol. The second-order valence-electron chi connectivity index (χ2n) is 6.62. The van der Waals surface area contributed by atoms with E-state index in [0.717, 1.165) is 22.3 Å². The highest BCUT2D eigenvalue weighted by Crippen LogP contribution is 2.25. The van der Waals surface area contributed by atoms with Gasteiger partial charge in [-0.2, -0.15) is 5.10 Å². The smallest absolute Gasteiger partial charge is 0.257 e. The molecule has 0 fully saturated rings. The van der Waals surface area contributed by atoms with Crippen molar-refractivity contribution in [1.29, 1.82) is 0 Å². The molecule has 0 unspecified atom stereocenters. The number of rotatable bonds is 5. The molecule has 0 saturated carbocycles. The highest BCUT2D eigenvalue weighted by Gasteiger charge is 2.13. The number of aromatic nitrogens is 3. The number of carbonyl (C=O) groups excluding carboxylic acids is 1. The first-order chi connectivity index (χ1) is 13.7. The molecule has 0 saturated heterocycles. The molecule has 1 amide bonds. The maximum absolute atomic E-state index is 12.8. The van der Waals surface area contributed by atoms with Crippen LogP contribution in [-0.4, -0.2) is 20.7 Å². The molecule has 0 atom stereocenters. The lowest BCUT2D eigenvalue weighted by Gasteiger charge is -2.11. The summed E-state index contributed by atoms with van der Waals surface area (Å²) in [5, 5.41) is 7.12. The summed E-state index contributed by atoms with van der Waals surface area (Å²) in [6.45, 7) is 2.69. The van der Waals surface area contributed by atoms with E-state index >= 15 is 0 Å². The fourth-order valence-corrected chi connectivity index (χ4v) is 3.09. The van der Waals surface area contributed by atoms with Gasteiger partial charge in [0.25, 0.3) is 5.91 Å². The third-order valence-electron chi connectivity index (χ3n) is 4.50. The van der Waals surface area contributed by atoms with E-state index in [1.807, 2.05) is 72.4 Å². The molecule has 2 aromatic carbocycles. The Morgan fingerprint density at radius 2 is 1.82 bits per heavy atom. The number of anilines is 1. The lowest BCUT2D eigenvalue weighted by molar-refractivity contribution is 0.102. The summed E-state index contributed by atoms with van der Waals surface area (Å²) in [7, 11) is 0. The molecule has 0 radical (unpaired) electrons. The van der Waals surface area contributed by atoms with Gasteiger partial charge in [0.2, 0.25) is 0 Å². The van der Waals surface area contributed by atoms with Gasteiger partial charge < -0.3 is 5.32 Å². The number of nitrogens with one attached hydrogen (secondary N) is 1. The molecule has 0 aliphatic carbocycles. The van der Waals surface area contributed by atoms with Crippen molar-refractivity contribution in [2.45, 2.75) is 13.5 Å². The summed E-state index contributed by atoms with van der Waals surface area (Å²) < 4.78 is 1.88. The number of pyridine rings is 1. The molecule has 4 aromatic rings. The Balaban J connectivity index is 1.58. The Labute approximate surface area is 163 Å².